The lowest BCUT2D eigenvalue weighted by molar-refractivity contribution is -0.00683. The quantitative estimate of drug-likeness (QED) is 0.219. The lowest BCUT2D eigenvalue weighted by Crippen LogP contribution is -2.52. The first kappa shape index (κ1) is 24.0. The standard InChI is InChI=1S/C22H35N5O.HI/c1-4-23-21(26-17-22(2,3)27-12-14-28-15-13-27)24-11-7-8-18-16-25-20-10-6-5-9-19(18)20;/h5-6,9-10,16,25H,4,7-8,11-15,17H2,1-3H3,(H2,23,24,26);1H. The number of fused-ring (bicyclic) bond motifs is 1. The molecule has 1 saturated heterocycles. The normalized spacial score (nSPS) is 15.9. The molecule has 6 nitrogen and oxygen atoms in total. The summed E-state index contributed by atoms with van der Waals surface area (Å²) in [5.74, 6) is 0.905. The number of H-pyrrole nitrogens is 1. The van der Waals surface area contributed by atoms with E-state index in [-0.39, 0.29) is 29.5 Å². The predicted octanol–water partition coefficient (Wildman–Crippen LogP) is 3.38. The minimum atomic E-state index is 0. The number of aryl methyl sites for hydroxylation is 1. The Balaban J connectivity index is 0.00000300. The van der Waals surface area contributed by atoms with Crippen molar-refractivity contribution in [3.05, 3.63) is 36.0 Å². The van der Waals surface area contributed by atoms with Crippen LogP contribution >= 0.6 is 24.0 Å². The Bertz CT molecular complexity index is 767. The van der Waals surface area contributed by atoms with Gasteiger partial charge in [-0.15, -0.1) is 24.0 Å². The molecular formula is C22H36IN5O. The first-order valence-corrected chi connectivity index (χ1v) is 10.5. The van der Waals surface area contributed by atoms with E-state index < -0.39 is 0 Å². The molecule has 1 aromatic carbocycles. The van der Waals surface area contributed by atoms with Gasteiger partial charge in [0.25, 0.3) is 0 Å². The number of halogens is 1. The Hall–Kier alpha value is -1.32. The van der Waals surface area contributed by atoms with Crippen LogP contribution in [0.1, 0.15) is 32.8 Å². The number of aromatic nitrogens is 1. The average Bonchev–Trinajstić information content (AvgIpc) is 3.13. The molecule has 0 aliphatic carbocycles. The monoisotopic (exact) mass is 513 g/mol. The summed E-state index contributed by atoms with van der Waals surface area (Å²) >= 11 is 0. The van der Waals surface area contributed by atoms with Crippen molar-refractivity contribution in [2.24, 2.45) is 4.99 Å². The molecule has 1 aliphatic heterocycles. The number of guanidine groups is 1. The van der Waals surface area contributed by atoms with Crippen LogP contribution in [0.15, 0.2) is 35.5 Å². The maximum atomic E-state index is 5.48. The highest BCUT2D eigenvalue weighted by atomic mass is 127. The molecule has 29 heavy (non-hydrogen) atoms. The molecule has 0 spiro atoms. The van der Waals surface area contributed by atoms with Gasteiger partial charge in [-0.05, 0) is 45.2 Å². The van der Waals surface area contributed by atoms with E-state index in [2.05, 4.69) is 71.8 Å². The first-order valence-electron chi connectivity index (χ1n) is 10.5. The summed E-state index contributed by atoms with van der Waals surface area (Å²) < 4.78 is 5.48. The molecule has 0 unspecified atom stereocenters. The third-order valence-electron chi connectivity index (χ3n) is 5.43. The summed E-state index contributed by atoms with van der Waals surface area (Å²) in [7, 11) is 0. The van der Waals surface area contributed by atoms with Crippen LogP contribution in [-0.2, 0) is 11.2 Å². The van der Waals surface area contributed by atoms with Gasteiger partial charge in [-0.1, -0.05) is 18.2 Å². The van der Waals surface area contributed by atoms with Gasteiger partial charge in [-0.2, -0.15) is 0 Å². The van der Waals surface area contributed by atoms with Gasteiger partial charge in [0.1, 0.15) is 0 Å². The van der Waals surface area contributed by atoms with Crippen molar-refractivity contribution in [1.82, 2.24) is 20.5 Å². The number of benzene rings is 1. The van der Waals surface area contributed by atoms with Gasteiger partial charge in [-0.25, -0.2) is 0 Å². The number of aliphatic imine (C=N–C) groups is 1. The van der Waals surface area contributed by atoms with Crippen molar-refractivity contribution in [1.29, 1.82) is 0 Å². The van der Waals surface area contributed by atoms with Gasteiger partial charge < -0.3 is 20.4 Å². The minimum absolute atomic E-state index is 0. The predicted molar refractivity (Wildman–Crippen MR) is 132 cm³/mol. The lowest BCUT2D eigenvalue weighted by Gasteiger charge is -2.39. The average molecular weight is 513 g/mol. The zero-order valence-corrected chi connectivity index (χ0v) is 20.3. The Morgan fingerprint density at radius 2 is 1.97 bits per heavy atom. The van der Waals surface area contributed by atoms with E-state index in [4.69, 9.17) is 9.73 Å². The molecule has 0 saturated carbocycles. The summed E-state index contributed by atoms with van der Waals surface area (Å²) in [4.78, 5) is 10.7. The number of nitrogens with one attached hydrogen (secondary N) is 3. The second kappa shape index (κ2) is 11.8. The highest BCUT2D eigenvalue weighted by molar-refractivity contribution is 14.0. The fourth-order valence-electron chi connectivity index (χ4n) is 3.71. The molecule has 3 rings (SSSR count). The number of para-hydroxylation sites is 1. The maximum absolute atomic E-state index is 5.48. The van der Waals surface area contributed by atoms with E-state index in [1.807, 2.05) is 0 Å². The summed E-state index contributed by atoms with van der Waals surface area (Å²) in [6, 6.07) is 8.49. The fourth-order valence-corrected chi connectivity index (χ4v) is 3.71. The third kappa shape index (κ3) is 6.86. The smallest absolute Gasteiger partial charge is 0.191 e. The highest BCUT2D eigenvalue weighted by Gasteiger charge is 2.28. The van der Waals surface area contributed by atoms with Crippen molar-refractivity contribution in [2.45, 2.75) is 39.2 Å². The van der Waals surface area contributed by atoms with E-state index in [1.54, 1.807) is 0 Å². The SMILES string of the molecule is CCNC(=NCC(C)(C)N1CCOCC1)NCCCc1c[nH]c2ccccc12.I. The lowest BCUT2D eigenvalue weighted by atomic mass is 10.0. The zero-order valence-electron chi connectivity index (χ0n) is 18.0. The van der Waals surface area contributed by atoms with Crippen molar-refractivity contribution in [2.75, 3.05) is 45.9 Å². The molecule has 0 bridgehead atoms. The highest BCUT2D eigenvalue weighted by Crippen LogP contribution is 2.19. The molecule has 0 amide bonds. The molecule has 1 aliphatic rings. The third-order valence-corrected chi connectivity index (χ3v) is 5.43. The number of hydrogen-bond acceptors (Lipinski definition) is 3. The molecule has 0 radical (unpaired) electrons. The molecule has 1 aromatic heterocycles. The van der Waals surface area contributed by atoms with E-state index in [0.29, 0.717) is 0 Å². The summed E-state index contributed by atoms with van der Waals surface area (Å²) in [5, 5.41) is 8.19. The van der Waals surface area contributed by atoms with E-state index in [1.165, 1.54) is 16.5 Å². The van der Waals surface area contributed by atoms with Crippen LogP contribution in [0.4, 0.5) is 0 Å². The number of rotatable bonds is 8. The molecule has 0 atom stereocenters. The largest absolute Gasteiger partial charge is 0.379 e. The summed E-state index contributed by atoms with van der Waals surface area (Å²) in [6.45, 7) is 12.8. The van der Waals surface area contributed by atoms with E-state index in [0.717, 1.165) is 64.7 Å². The Labute approximate surface area is 191 Å². The van der Waals surface area contributed by atoms with Crippen LogP contribution in [-0.4, -0.2) is 67.3 Å². The van der Waals surface area contributed by atoms with Gasteiger partial charge in [0.15, 0.2) is 5.96 Å². The molecular weight excluding hydrogens is 477 g/mol. The van der Waals surface area contributed by atoms with Gasteiger partial charge in [0.2, 0.25) is 0 Å². The topological polar surface area (TPSA) is 64.7 Å². The number of hydrogen-bond donors (Lipinski definition) is 3. The molecule has 2 heterocycles. The second-order valence-electron chi connectivity index (χ2n) is 8.00. The molecule has 1 fully saturated rings. The number of aromatic amines is 1. The van der Waals surface area contributed by atoms with E-state index in [9.17, 15) is 0 Å². The van der Waals surface area contributed by atoms with E-state index >= 15 is 0 Å². The Morgan fingerprint density at radius 3 is 2.72 bits per heavy atom. The number of nitrogens with zero attached hydrogens (tertiary/aromatic N) is 2. The van der Waals surface area contributed by atoms with Crippen molar-refractivity contribution < 1.29 is 4.74 Å². The number of morpholine rings is 1. The Kier molecular flexibility index (Phi) is 9.71. The van der Waals surface area contributed by atoms with Gasteiger partial charge in [-0.3, -0.25) is 9.89 Å². The second-order valence-corrected chi connectivity index (χ2v) is 8.00. The summed E-state index contributed by atoms with van der Waals surface area (Å²) in [5.41, 5.74) is 2.63. The van der Waals surface area contributed by atoms with Crippen molar-refractivity contribution in [3.8, 4) is 0 Å². The van der Waals surface area contributed by atoms with Crippen LogP contribution in [0.25, 0.3) is 10.9 Å². The van der Waals surface area contributed by atoms with Crippen LogP contribution < -0.4 is 10.6 Å². The fraction of sp³-hybridized carbons (Fsp3) is 0.591. The van der Waals surface area contributed by atoms with Gasteiger partial charge in [0, 0.05) is 48.8 Å². The zero-order chi connectivity index (χ0) is 19.8. The van der Waals surface area contributed by atoms with Crippen molar-refractivity contribution >= 4 is 40.8 Å². The molecule has 2 aromatic rings. The molecule has 7 heteroatoms. The van der Waals surface area contributed by atoms with Gasteiger partial charge >= 0.3 is 0 Å². The molecule has 3 N–H and O–H groups in total. The minimum Gasteiger partial charge on any atom is -0.379 e. The van der Waals surface area contributed by atoms with Crippen LogP contribution in [0.2, 0.25) is 0 Å². The first-order chi connectivity index (χ1) is 13.6. The van der Waals surface area contributed by atoms with Crippen LogP contribution in [0, 0.1) is 0 Å². The van der Waals surface area contributed by atoms with Gasteiger partial charge in [0.05, 0.1) is 19.8 Å². The summed E-state index contributed by atoms with van der Waals surface area (Å²) in [6.07, 6.45) is 4.25. The molecule has 162 valence electrons. The van der Waals surface area contributed by atoms with Crippen molar-refractivity contribution in [3.63, 3.8) is 0 Å². The van der Waals surface area contributed by atoms with Crippen LogP contribution in [0.5, 0.6) is 0 Å². The van der Waals surface area contributed by atoms with Crippen LogP contribution in [0.3, 0.4) is 0 Å². The maximum Gasteiger partial charge on any atom is 0.191 e. The number of ether oxygens (including phenoxy) is 1. The Morgan fingerprint density at radius 1 is 1.21 bits per heavy atom.